The minimum Gasteiger partial charge on any atom is -0.494 e. The Balaban J connectivity index is 1.64. The second kappa shape index (κ2) is 12.1. The molecule has 0 fully saturated rings. The molecule has 216 valence electrons. The standard InChI is InChI=1S/C27H28F3N7O3S/c1-14(2)31-11-18-8-19(27(28,29)30)10-20(24(18)40-5)34-25(39)17-7-6-15(3)22(9-17)37-13-21(35-36-37)23-12-32-26(41-23)33-16(4)38/h6-10,12-14,31H,11H2,1-5H3,(H,34,39)(H,32,33,38). The number of benzene rings is 2. The van der Waals surface area contributed by atoms with E-state index in [0.717, 1.165) is 17.7 Å². The average Bonchev–Trinajstić information content (AvgIpc) is 3.56. The topological polar surface area (TPSA) is 123 Å². The van der Waals surface area contributed by atoms with Crippen LogP contribution in [0.15, 0.2) is 42.7 Å². The molecule has 0 saturated carbocycles. The molecule has 0 spiro atoms. The summed E-state index contributed by atoms with van der Waals surface area (Å²) in [5, 5.41) is 17.0. The van der Waals surface area contributed by atoms with E-state index < -0.39 is 17.6 Å². The molecule has 0 aliphatic carbocycles. The van der Waals surface area contributed by atoms with E-state index in [-0.39, 0.29) is 41.1 Å². The lowest BCUT2D eigenvalue weighted by Gasteiger charge is -2.19. The van der Waals surface area contributed by atoms with Gasteiger partial charge in [-0.3, -0.25) is 9.59 Å². The van der Waals surface area contributed by atoms with Gasteiger partial charge < -0.3 is 20.7 Å². The number of rotatable bonds is 9. The van der Waals surface area contributed by atoms with Crippen LogP contribution in [-0.2, 0) is 17.5 Å². The molecule has 2 heterocycles. The minimum absolute atomic E-state index is 0.0194. The normalized spacial score (nSPS) is 11.5. The Morgan fingerprint density at radius 1 is 1.15 bits per heavy atom. The largest absolute Gasteiger partial charge is 0.494 e. The maximum Gasteiger partial charge on any atom is 0.416 e. The molecule has 2 amide bonds. The van der Waals surface area contributed by atoms with Crippen LogP contribution >= 0.6 is 11.3 Å². The molecule has 0 saturated heterocycles. The van der Waals surface area contributed by atoms with E-state index in [9.17, 15) is 22.8 Å². The van der Waals surface area contributed by atoms with Gasteiger partial charge in [-0.2, -0.15) is 13.2 Å². The van der Waals surface area contributed by atoms with E-state index in [0.29, 0.717) is 21.4 Å². The van der Waals surface area contributed by atoms with E-state index in [1.165, 1.54) is 30.1 Å². The van der Waals surface area contributed by atoms with Crippen molar-refractivity contribution in [2.24, 2.45) is 0 Å². The first-order valence-corrected chi connectivity index (χ1v) is 13.3. The zero-order valence-corrected chi connectivity index (χ0v) is 23.7. The number of aryl methyl sites for hydroxylation is 1. The van der Waals surface area contributed by atoms with Gasteiger partial charge in [-0.15, -0.1) is 5.10 Å². The molecule has 3 N–H and O–H groups in total. The Labute approximate surface area is 237 Å². The second-order valence-electron chi connectivity index (χ2n) is 9.46. The van der Waals surface area contributed by atoms with Crippen molar-refractivity contribution in [3.05, 3.63) is 65.0 Å². The summed E-state index contributed by atoms with van der Waals surface area (Å²) < 4.78 is 48.0. The van der Waals surface area contributed by atoms with E-state index in [4.69, 9.17) is 4.74 Å². The van der Waals surface area contributed by atoms with E-state index in [1.54, 1.807) is 30.6 Å². The van der Waals surface area contributed by atoms with Gasteiger partial charge in [0.25, 0.3) is 5.91 Å². The third kappa shape index (κ3) is 7.08. The Kier molecular flexibility index (Phi) is 8.73. The fraction of sp³-hybridized carbons (Fsp3) is 0.296. The van der Waals surface area contributed by atoms with Crippen LogP contribution < -0.4 is 20.7 Å². The number of anilines is 2. The summed E-state index contributed by atoms with van der Waals surface area (Å²) in [5.41, 5.74) is 1.27. The summed E-state index contributed by atoms with van der Waals surface area (Å²) in [6.45, 7) is 7.06. The molecule has 2 aromatic carbocycles. The van der Waals surface area contributed by atoms with Crippen LogP contribution in [-0.4, -0.2) is 44.9 Å². The number of hydrogen-bond acceptors (Lipinski definition) is 8. The van der Waals surface area contributed by atoms with E-state index in [2.05, 4.69) is 31.2 Å². The first kappa shape index (κ1) is 29.7. The number of alkyl halides is 3. The van der Waals surface area contributed by atoms with Crippen molar-refractivity contribution in [1.82, 2.24) is 25.3 Å². The summed E-state index contributed by atoms with van der Waals surface area (Å²) in [7, 11) is 1.34. The number of hydrogen-bond donors (Lipinski definition) is 3. The third-order valence-corrected chi connectivity index (χ3v) is 6.83. The van der Waals surface area contributed by atoms with E-state index in [1.807, 2.05) is 20.8 Å². The molecular formula is C27H28F3N7O3S. The van der Waals surface area contributed by atoms with Crippen LogP contribution in [0.5, 0.6) is 5.75 Å². The first-order chi connectivity index (χ1) is 19.3. The predicted octanol–water partition coefficient (Wildman–Crippen LogP) is 5.44. The van der Waals surface area contributed by atoms with Gasteiger partial charge in [0.05, 0.1) is 35.1 Å². The highest BCUT2D eigenvalue weighted by Crippen LogP contribution is 2.38. The van der Waals surface area contributed by atoms with Gasteiger partial charge in [-0.25, -0.2) is 9.67 Å². The fourth-order valence-electron chi connectivity index (χ4n) is 3.92. The van der Waals surface area contributed by atoms with Crippen LogP contribution in [0.3, 0.4) is 0 Å². The summed E-state index contributed by atoms with van der Waals surface area (Å²) in [6, 6.07) is 6.73. The highest BCUT2D eigenvalue weighted by molar-refractivity contribution is 7.19. The Morgan fingerprint density at radius 3 is 2.56 bits per heavy atom. The fourth-order valence-corrected chi connectivity index (χ4v) is 4.73. The van der Waals surface area contributed by atoms with Crippen LogP contribution in [0.25, 0.3) is 16.3 Å². The SMILES string of the molecule is COc1c(CNC(C)C)cc(C(F)(F)F)cc1NC(=O)c1ccc(C)c(-n2cc(-c3cnc(NC(C)=O)s3)nn2)c1. The lowest BCUT2D eigenvalue weighted by molar-refractivity contribution is -0.137. The van der Waals surface area contributed by atoms with E-state index >= 15 is 0 Å². The molecule has 14 heteroatoms. The molecule has 0 aliphatic heterocycles. The highest BCUT2D eigenvalue weighted by Gasteiger charge is 2.33. The summed E-state index contributed by atoms with van der Waals surface area (Å²) in [6.07, 6.45) is -1.41. The zero-order chi connectivity index (χ0) is 29.9. The number of aromatic nitrogens is 4. The molecule has 10 nitrogen and oxygen atoms in total. The van der Waals surface area contributed by atoms with Crippen LogP contribution in [0.2, 0.25) is 0 Å². The minimum atomic E-state index is -4.62. The molecule has 0 aliphatic rings. The van der Waals surface area contributed by atoms with Crippen LogP contribution in [0.4, 0.5) is 24.0 Å². The summed E-state index contributed by atoms with van der Waals surface area (Å²) >= 11 is 1.23. The van der Waals surface area contributed by atoms with Gasteiger partial charge in [0.1, 0.15) is 11.4 Å². The van der Waals surface area contributed by atoms with Gasteiger partial charge in [0.15, 0.2) is 5.13 Å². The number of carbonyl (C=O) groups excluding carboxylic acids is 2. The van der Waals surface area contributed by atoms with Crippen molar-refractivity contribution >= 4 is 34.0 Å². The van der Waals surface area contributed by atoms with Crippen LogP contribution in [0, 0.1) is 6.92 Å². The van der Waals surface area contributed by atoms with Gasteiger partial charge in [-0.05, 0) is 36.8 Å². The van der Waals surface area contributed by atoms with Crippen molar-refractivity contribution in [3.8, 4) is 22.0 Å². The molecule has 0 radical (unpaired) electrons. The van der Waals surface area contributed by atoms with Gasteiger partial charge in [0.2, 0.25) is 5.91 Å². The molecule has 4 rings (SSSR count). The first-order valence-electron chi connectivity index (χ1n) is 12.5. The second-order valence-corrected chi connectivity index (χ2v) is 10.5. The third-order valence-electron chi connectivity index (χ3n) is 5.90. The number of amides is 2. The highest BCUT2D eigenvalue weighted by atomic mass is 32.1. The predicted molar refractivity (Wildman–Crippen MR) is 149 cm³/mol. The van der Waals surface area contributed by atoms with Crippen molar-refractivity contribution in [1.29, 1.82) is 0 Å². The number of ether oxygens (including phenoxy) is 1. The molecule has 0 bridgehead atoms. The number of nitrogens with one attached hydrogen (secondary N) is 3. The number of nitrogens with zero attached hydrogens (tertiary/aromatic N) is 4. The number of carbonyl (C=O) groups is 2. The molecular weight excluding hydrogens is 559 g/mol. The Bertz CT molecular complexity index is 1580. The lowest BCUT2D eigenvalue weighted by atomic mass is 10.1. The average molecular weight is 588 g/mol. The molecule has 2 aromatic heterocycles. The monoisotopic (exact) mass is 587 g/mol. The molecule has 0 unspecified atom stereocenters. The summed E-state index contributed by atoms with van der Waals surface area (Å²) in [4.78, 5) is 29.4. The van der Waals surface area contributed by atoms with Gasteiger partial charge in [-0.1, -0.05) is 36.5 Å². The van der Waals surface area contributed by atoms with Crippen molar-refractivity contribution in [2.75, 3.05) is 17.7 Å². The van der Waals surface area contributed by atoms with Crippen LogP contribution in [0.1, 0.15) is 47.8 Å². The Morgan fingerprint density at radius 2 is 1.90 bits per heavy atom. The molecule has 4 aromatic rings. The van der Waals surface area contributed by atoms with Crippen molar-refractivity contribution in [2.45, 2.75) is 46.5 Å². The van der Waals surface area contributed by atoms with Crippen molar-refractivity contribution in [3.63, 3.8) is 0 Å². The maximum atomic E-state index is 13.7. The smallest absolute Gasteiger partial charge is 0.416 e. The zero-order valence-electron chi connectivity index (χ0n) is 22.9. The quantitative estimate of drug-likeness (QED) is 0.239. The number of thiazole rings is 1. The lowest BCUT2D eigenvalue weighted by Crippen LogP contribution is -2.23. The molecule has 41 heavy (non-hydrogen) atoms. The van der Waals surface area contributed by atoms with Crippen molar-refractivity contribution < 1.29 is 27.5 Å². The van der Waals surface area contributed by atoms with Gasteiger partial charge in [0, 0.05) is 36.8 Å². The number of halogens is 3. The summed E-state index contributed by atoms with van der Waals surface area (Å²) in [5.74, 6) is -0.739. The molecule has 0 atom stereocenters. The van der Waals surface area contributed by atoms with Gasteiger partial charge >= 0.3 is 6.18 Å². The number of methoxy groups -OCH3 is 1. The maximum absolute atomic E-state index is 13.7. The Hall–Kier alpha value is -4.30.